The number of furan rings is 1. The van der Waals surface area contributed by atoms with E-state index < -0.39 is 0 Å². The van der Waals surface area contributed by atoms with Crippen molar-refractivity contribution in [2.75, 3.05) is 5.73 Å². The Morgan fingerprint density at radius 3 is 3.20 bits per heavy atom. The van der Waals surface area contributed by atoms with Gasteiger partial charge in [-0.3, -0.25) is 4.98 Å². The second kappa shape index (κ2) is 1.73. The Labute approximate surface area is 57.5 Å². The molecule has 2 aromatic heterocycles. The van der Waals surface area contributed by atoms with E-state index in [9.17, 15) is 0 Å². The van der Waals surface area contributed by atoms with Gasteiger partial charge in [0, 0.05) is 17.6 Å². The fourth-order valence-corrected chi connectivity index (χ4v) is 0.905. The Bertz CT molecular complexity index is 320. The summed E-state index contributed by atoms with van der Waals surface area (Å²) in [5.74, 6) is 0.433. The van der Waals surface area contributed by atoms with Gasteiger partial charge in [-0.25, -0.2) is 0 Å². The predicted octanol–water partition coefficient (Wildman–Crippen LogP) is 1.41. The van der Waals surface area contributed by atoms with Crippen LogP contribution < -0.4 is 5.73 Å². The number of hydrogen-bond donors (Lipinski definition) is 1. The number of pyridine rings is 1. The van der Waals surface area contributed by atoms with E-state index in [1.165, 1.54) is 0 Å². The molecule has 10 heavy (non-hydrogen) atoms. The third-order valence-corrected chi connectivity index (χ3v) is 1.34. The third-order valence-electron chi connectivity index (χ3n) is 1.34. The van der Waals surface area contributed by atoms with Crippen molar-refractivity contribution in [2.45, 2.75) is 0 Å². The minimum Gasteiger partial charge on any atom is -0.439 e. The molecule has 0 saturated heterocycles. The van der Waals surface area contributed by atoms with Gasteiger partial charge in [-0.15, -0.1) is 0 Å². The molecule has 50 valence electrons. The van der Waals surface area contributed by atoms with Crippen molar-refractivity contribution in [1.82, 2.24) is 4.98 Å². The predicted molar refractivity (Wildman–Crippen MR) is 38.4 cm³/mol. The maximum Gasteiger partial charge on any atom is 0.191 e. The standard InChI is InChI=1S/C7H6N2O/c8-7-3-5-1-2-9-4-6(5)10-7/h1-4H,8H2. The molecule has 0 aliphatic rings. The molecule has 0 unspecified atom stereocenters. The van der Waals surface area contributed by atoms with Crippen molar-refractivity contribution < 1.29 is 4.42 Å². The highest BCUT2D eigenvalue weighted by Crippen LogP contribution is 2.18. The van der Waals surface area contributed by atoms with Gasteiger partial charge in [0.2, 0.25) is 0 Å². The Balaban J connectivity index is 2.88. The van der Waals surface area contributed by atoms with Gasteiger partial charge in [0.05, 0.1) is 6.20 Å². The fraction of sp³-hybridized carbons (Fsp3) is 0. The van der Waals surface area contributed by atoms with E-state index in [1.807, 2.05) is 6.07 Å². The van der Waals surface area contributed by atoms with Gasteiger partial charge in [-0.1, -0.05) is 0 Å². The molecule has 0 amide bonds. The summed E-state index contributed by atoms with van der Waals surface area (Å²) in [6.45, 7) is 0. The summed E-state index contributed by atoms with van der Waals surface area (Å²) in [7, 11) is 0. The Hall–Kier alpha value is -1.51. The summed E-state index contributed by atoms with van der Waals surface area (Å²) in [5.41, 5.74) is 6.13. The van der Waals surface area contributed by atoms with Gasteiger partial charge in [-0.05, 0) is 6.07 Å². The monoisotopic (exact) mass is 134 g/mol. The molecule has 0 aromatic carbocycles. The second-order valence-electron chi connectivity index (χ2n) is 2.06. The first kappa shape index (κ1) is 5.29. The molecule has 3 heteroatoms. The molecule has 0 bridgehead atoms. The highest BCUT2D eigenvalue weighted by molar-refractivity contribution is 5.79. The molecule has 0 radical (unpaired) electrons. The Kier molecular flexibility index (Phi) is 0.917. The summed E-state index contributed by atoms with van der Waals surface area (Å²) < 4.78 is 5.08. The van der Waals surface area contributed by atoms with Gasteiger partial charge in [0.1, 0.15) is 0 Å². The van der Waals surface area contributed by atoms with E-state index in [0.717, 1.165) is 11.0 Å². The first-order valence-corrected chi connectivity index (χ1v) is 2.95. The summed E-state index contributed by atoms with van der Waals surface area (Å²) in [4.78, 5) is 3.88. The normalized spacial score (nSPS) is 10.4. The Morgan fingerprint density at radius 1 is 1.50 bits per heavy atom. The number of hydrogen-bond acceptors (Lipinski definition) is 3. The first-order chi connectivity index (χ1) is 4.86. The van der Waals surface area contributed by atoms with Crippen LogP contribution in [-0.2, 0) is 0 Å². The summed E-state index contributed by atoms with van der Waals surface area (Å²) in [6, 6.07) is 3.63. The zero-order chi connectivity index (χ0) is 6.97. The Morgan fingerprint density at radius 2 is 2.40 bits per heavy atom. The lowest BCUT2D eigenvalue weighted by molar-refractivity contribution is 0.635. The molecule has 3 nitrogen and oxygen atoms in total. The van der Waals surface area contributed by atoms with E-state index in [1.54, 1.807) is 18.5 Å². The fourth-order valence-electron chi connectivity index (χ4n) is 0.905. The molecular formula is C7H6N2O. The number of anilines is 1. The average Bonchev–Trinajstić information content (AvgIpc) is 2.27. The van der Waals surface area contributed by atoms with Gasteiger partial charge in [0.25, 0.3) is 0 Å². The number of aromatic nitrogens is 1. The summed E-state index contributed by atoms with van der Waals surface area (Å²) in [5, 5.41) is 0.993. The van der Waals surface area contributed by atoms with Crippen LogP contribution in [0, 0.1) is 0 Å². The van der Waals surface area contributed by atoms with Crippen molar-refractivity contribution in [3.05, 3.63) is 24.5 Å². The third kappa shape index (κ3) is 0.639. The molecule has 0 spiro atoms. The number of rotatable bonds is 0. The molecule has 2 heterocycles. The van der Waals surface area contributed by atoms with Crippen molar-refractivity contribution in [2.24, 2.45) is 0 Å². The quantitative estimate of drug-likeness (QED) is 0.592. The van der Waals surface area contributed by atoms with Crippen LogP contribution >= 0.6 is 0 Å². The molecule has 0 saturated carbocycles. The van der Waals surface area contributed by atoms with E-state index in [2.05, 4.69) is 4.98 Å². The van der Waals surface area contributed by atoms with Gasteiger partial charge in [-0.2, -0.15) is 0 Å². The number of nitrogens with zero attached hydrogens (tertiary/aromatic N) is 1. The van der Waals surface area contributed by atoms with Gasteiger partial charge >= 0.3 is 0 Å². The first-order valence-electron chi connectivity index (χ1n) is 2.95. The zero-order valence-corrected chi connectivity index (χ0v) is 5.24. The van der Waals surface area contributed by atoms with E-state index in [-0.39, 0.29) is 0 Å². The number of nitrogen functional groups attached to an aromatic ring is 1. The molecule has 2 N–H and O–H groups in total. The molecular weight excluding hydrogens is 128 g/mol. The van der Waals surface area contributed by atoms with Crippen LogP contribution in [0.2, 0.25) is 0 Å². The van der Waals surface area contributed by atoms with Crippen LogP contribution in [-0.4, -0.2) is 4.98 Å². The van der Waals surface area contributed by atoms with Crippen LogP contribution in [0.4, 0.5) is 5.88 Å². The summed E-state index contributed by atoms with van der Waals surface area (Å²) >= 11 is 0. The highest BCUT2D eigenvalue weighted by atomic mass is 16.3. The van der Waals surface area contributed by atoms with Crippen LogP contribution in [0.25, 0.3) is 11.0 Å². The molecule has 0 fully saturated rings. The topological polar surface area (TPSA) is 52.0 Å². The van der Waals surface area contributed by atoms with Crippen LogP contribution in [0.15, 0.2) is 28.9 Å². The molecule has 0 aliphatic carbocycles. The lowest BCUT2D eigenvalue weighted by Gasteiger charge is -1.81. The molecule has 0 aliphatic heterocycles. The van der Waals surface area contributed by atoms with Crippen molar-refractivity contribution in [1.29, 1.82) is 0 Å². The minimum atomic E-state index is 0.433. The second-order valence-corrected chi connectivity index (χ2v) is 2.06. The van der Waals surface area contributed by atoms with E-state index >= 15 is 0 Å². The van der Waals surface area contributed by atoms with Crippen molar-refractivity contribution in [3.63, 3.8) is 0 Å². The number of nitrogens with two attached hydrogens (primary N) is 1. The van der Waals surface area contributed by atoms with Crippen LogP contribution in [0.3, 0.4) is 0 Å². The maximum absolute atomic E-state index is 5.40. The molecule has 0 atom stereocenters. The smallest absolute Gasteiger partial charge is 0.191 e. The van der Waals surface area contributed by atoms with Gasteiger partial charge in [0.15, 0.2) is 11.5 Å². The lowest BCUT2D eigenvalue weighted by Crippen LogP contribution is -1.75. The van der Waals surface area contributed by atoms with Crippen molar-refractivity contribution >= 4 is 16.9 Å². The number of fused-ring (bicyclic) bond motifs is 1. The van der Waals surface area contributed by atoms with E-state index in [0.29, 0.717) is 5.88 Å². The van der Waals surface area contributed by atoms with Crippen molar-refractivity contribution in [3.8, 4) is 0 Å². The maximum atomic E-state index is 5.40. The highest BCUT2D eigenvalue weighted by Gasteiger charge is 1.96. The largest absolute Gasteiger partial charge is 0.439 e. The van der Waals surface area contributed by atoms with Gasteiger partial charge < -0.3 is 10.2 Å². The SMILES string of the molecule is Nc1cc2ccncc2o1. The van der Waals surface area contributed by atoms with E-state index in [4.69, 9.17) is 10.2 Å². The van der Waals surface area contributed by atoms with Crippen LogP contribution in [0.1, 0.15) is 0 Å². The molecule has 2 aromatic rings. The van der Waals surface area contributed by atoms with Crippen LogP contribution in [0.5, 0.6) is 0 Å². The minimum absolute atomic E-state index is 0.433. The average molecular weight is 134 g/mol. The zero-order valence-electron chi connectivity index (χ0n) is 5.24. The molecule has 2 rings (SSSR count). The summed E-state index contributed by atoms with van der Waals surface area (Å²) in [6.07, 6.45) is 3.35. The lowest BCUT2D eigenvalue weighted by atomic mass is 10.3.